The minimum Gasteiger partial charge on any atom is -0.306 e. The van der Waals surface area contributed by atoms with Gasteiger partial charge in [-0.2, -0.15) is 0 Å². The molecule has 6 heteroatoms. The number of hydrogen-bond acceptors (Lipinski definition) is 5. The highest BCUT2D eigenvalue weighted by Crippen LogP contribution is 2.31. The van der Waals surface area contributed by atoms with Gasteiger partial charge in [-0.05, 0) is 31.7 Å². The maximum atomic E-state index is 4.82. The summed E-state index contributed by atoms with van der Waals surface area (Å²) in [5.74, 6) is 0.897. The van der Waals surface area contributed by atoms with Gasteiger partial charge in [-0.1, -0.05) is 48.5 Å². The van der Waals surface area contributed by atoms with Gasteiger partial charge in [0.2, 0.25) is 0 Å². The first kappa shape index (κ1) is 15.8. The van der Waals surface area contributed by atoms with Crippen LogP contribution in [0.4, 0.5) is 0 Å². The Balaban J connectivity index is 1.85. The van der Waals surface area contributed by atoms with E-state index in [-0.39, 0.29) is 0 Å². The van der Waals surface area contributed by atoms with Gasteiger partial charge in [-0.15, -0.1) is 10.2 Å². The summed E-state index contributed by atoms with van der Waals surface area (Å²) in [6, 6.07) is 18.3. The zero-order valence-corrected chi connectivity index (χ0v) is 14.9. The number of para-hydroxylation sites is 1. The first-order valence-electron chi connectivity index (χ1n) is 8.16. The van der Waals surface area contributed by atoms with E-state index in [1.807, 2.05) is 43.3 Å². The first-order valence-corrected chi connectivity index (χ1v) is 8.97. The molecule has 0 saturated carbocycles. The minimum atomic E-state index is 0.680. The Labute approximate surface area is 150 Å². The van der Waals surface area contributed by atoms with Crippen LogP contribution in [0.2, 0.25) is 0 Å². The van der Waals surface area contributed by atoms with Gasteiger partial charge in [0.05, 0.1) is 11.2 Å². The topological polar surface area (TPSA) is 56.5 Å². The molecule has 0 aliphatic rings. The minimum absolute atomic E-state index is 0.680. The van der Waals surface area contributed by atoms with Gasteiger partial charge in [-0.3, -0.25) is 0 Å². The summed E-state index contributed by atoms with van der Waals surface area (Å²) < 4.78 is 2.06. The van der Waals surface area contributed by atoms with Gasteiger partial charge in [0.25, 0.3) is 0 Å². The van der Waals surface area contributed by atoms with Gasteiger partial charge in [0.1, 0.15) is 5.82 Å². The van der Waals surface area contributed by atoms with E-state index in [1.54, 1.807) is 0 Å². The Kier molecular flexibility index (Phi) is 4.19. The van der Waals surface area contributed by atoms with Gasteiger partial charge in [-0.25, -0.2) is 9.97 Å². The fraction of sp³-hybridized carbons (Fsp3) is 0.158. The van der Waals surface area contributed by atoms with Crippen LogP contribution in [-0.2, 0) is 6.54 Å². The SMILES string of the molecule is CCn1c(C)nnc1Sc1nc(-c2ccccc2)c2ccccc2n1. The van der Waals surface area contributed by atoms with Crippen LogP contribution in [0.25, 0.3) is 22.2 Å². The molecule has 0 unspecified atom stereocenters. The molecule has 4 aromatic rings. The molecule has 0 aliphatic heterocycles. The monoisotopic (exact) mass is 347 g/mol. The van der Waals surface area contributed by atoms with Crippen molar-refractivity contribution in [2.45, 2.75) is 30.7 Å². The zero-order valence-electron chi connectivity index (χ0n) is 14.0. The number of hydrogen-bond donors (Lipinski definition) is 0. The molecule has 25 heavy (non-hydrogen) atoms. The van der Waals surface area contributed by atoms with Crippen molar-refractivity contribution in [3.05, 3.63) is 60.4 Å². The zero-order chi connectivity index (χ0) is 17.2. The highest BCUT2D eigenvalue weighted by atomic mass is 32.2. The molecule has 2 heterocycles. The Morgan fingerprint density at radius 3 is 2.48 bits per heavy atom. The summed E-state index contributed by atoms with van der Waals surface area (Å²) in [5.41, 5.74) is 2.95. The molecule has 0 fully saturated rings. The molecule has 0 atom stereocenters. The van der Waals surface area contributed by atoms with Crippen molar-refractivity contribution in [2.24, 2.45) is 0 Å². The highest BCUT2D eigenvalue weighted by Gasteiger charge is 2.14. The van der Waals surface area contributed by atoms with E-state index in [9.17, 15) is 0 Å². The third-order valence-electron chi connectivity index (χ3n) is 4.03. The van der Waals surface area contributed by atoms with E-state index in [1.165, 1.54) is 11.8 Å². The smallest absolute Gasteiger partial charge is 0.199 e. The molecule has 0 N–H and O–H groups in total. The van der Waals surface area contributed by atoms with Crippen molar-refractivity contribution in [1.82, 2.24) is 24.7 Å². The number of rotatable bonds is 4. The summed E-state index contributed by atoms with van der Waals surface area (Å²) in [4.78, 5) is 9.53. The van der Waals surface area contributed by atoms with Crippen LogP contribution in [0.1, 0.15) is 12.7 Å². The summed E-state index contributed by atoms with van der Waals surface area (Å²) in [6.07, 6.45) is 0. The van der Waals surface area contributed by atoms with Crippen molar-refractivity contribution in [1.29, 1.82) is 0 Å². The van der Waals surface area contributed by atoms with Crippen LogP contribution in [0, 0.1) is 6.92 Å². The number of fused-ring (bicyclic) bond motifs is 1. The molecule has 0 radical (unpaired) electrons. The van der Waals surface area contributed by atoms with E-state index < -0.39 is 0 Å². The lowest BCUT2D eigenvalue weighted by molar-refractivity contribution is 0.661. The molecule has 2 aromatic carbocycles. The van der Waals surface area contributed by atoms with Crippen molar-refractivity contribution >= 4 is 22.7 Å². The standard InChI is InChI=1S/C19H17N5S/c1-3-24-13(2)22-23-19(24)25-18-20-16-12-8-7-11-15(16)17(21-18)14-9-5-4-6-10-14/h4-12H,3H2,1-2H3. The second kappa shape index (κ2) is 6.64. The second-order valence-corrected chi connectivity index (χ2v) is 6.55. The Bertz CT molecular complexity index is 1030. The van der Waals surface area contributed by atoms with Crippen LogP contribution in [-0.4, -0.2) is 24.7 Å². The lowest BCUT2D eigenvalue weighted by atomic mass is 10.1. The van der Waals surface area contributed by atoms with E-state index in [0.717, 1.165) is 39.7 Å². The molecule has 0 spiro atoms. The van der Waals surface area contributed by atoms with Crippen LogP contribution in [0.5, 0.6) is 0 Å². The largest absolute Gasteiger partial charge is 0.306 e. The third kappa shape index (κ3) is 3.00. The number of aromatic nitrogens is 5. The summed E-state index contributed by atoms with van der Waals surface area (Å²) in [5, 5.41) is 11.0. The number of aryl methyl sites for hydroxylation is 1. The van der Waals surface area contributed by atoms with Crippen molar-refractivity contribution in [3.63, 3.8) is 0 Å². The molecular formula is C19H17N5S. The summed E-state index contributed by atoms with van der Waals surface area (Å²) in [6.45, 7) is 4.86. The molecule has 0 aliphatic carbocycles. The molecule has 4 rings (SSSR count). The molecule has 124 valence electrons. The fourth-order valence-corrected chi connectivity index (χ4v) is 3.70. The highest BCUT2D eigenvalue weighted by molar-refractivity contribution is 7.99. The Morgan fingerprint density at radius 2 is 1.68 bits per heavy atom. The lowest BCUT2D eigenvalue weighted by Crippen LogP contribution is -2.00. The molecule has 0 saturated heterocycles. The molecule has 5 nitrogen and oxygen atoms in total. The summed E-state index contributed by atoms with van der Waals surface area (Å²) >= 11 is 1.45. The van der Waals surface area contributed by atoms with Crippen molar-refractivity contribution < 1.29 is 0 Å². The van der Waals surface area contributed by atoms with E-state index in [2.05, 4.69) is 39.9 Å². The van der Waals surface area contributed by atoms with Gasteiger partial charge < -0.3 is 4.57 Å². The predicted octanol–water partition coefficient (Wildman–Crippen LogP) is 4.37. The maximum absolute atomic E-state index is 4.82. The quantitative estimate of drug-likeness (QED) is 0.513. The predicted molar refractivity (Wildman–Crippen MR) is 99.5 cm³/mol. The molecule has 0 amide bonds. The van der Waals surface area contributed by atoms with Gasteiger partial charge >= 0.3 is 0 Å². The number of nitrogens with zero attached hydrogens (tertiary/aromatic N) is 5. The van der Waals surface area contributed by atoms with Crippen LogP contribution < -0.4 is 0 Å². The van der Waals surface area contributed by atoms with Crippen molar-refractivity contribution in [3.8, 4) is 11.3 Å². The average molecular weight is 347 g/mol. The molecule has 0 bridgehead atoms. The van der Waals surface area contributed by atoms with Crippen molar-refractivity contribution in [2.75, 3.05) is 0 Å². The molecular weight excluding hydrogens is 330 g/mol. The second-order valence-electron chi connectivity index (χ2n) is 5.61. The average Bonchev–Trinajstić information content (AvgIpc) is 3.01. The van der Waals surface area contributed by atoms with Crippen LogP contribution in [0.3, 0.4) is 0 Å². The Hall–Kier alpha value is -2.73. The van der Waals surface area contributed by atoms with E-state index in [4.69, 9.17) is 9.97 Å². The lowest BCUT2D eigenvalue weighted by Gasteiger charge is -2.09. The van der Waals surface area contributed by atoms with Crippen LogP contribution in [0.15, 0.2) is 64.9 Å². The maximum Gasteiger partial charge on any atom is 0.199 e. The number of benzene rings is 2. The fourth-order valence-electron chi connectivity index (χ4n) is 2.80. The summed E-state index contributed by atoms with van der Waals surface area (Å²) in [7, 11) is 0. The normalized spacial score (nSPS) is 11.1. The molecule has 2 aromatic heterocycles. The van der Waals surface area contributed by atoms with Crippen LogP contribution >= 0.6 is 11.8 Å². The Morgan fingerprint density at radius 1 is 0.920 bits per heavy atom. The van der Waals surface area contributed by atoms with Gasteiger partial charge in [0, 0.05) is 17.5 Å². The van der Waals surface area contributed by atoms with E-state index in [0.29, 0.717) is 5.16 Å². The first-order chi connectivity index (χ1) is 12.3. The third-order valence-corrected chi connectivity index (χ3v) is 4.88. The van der Waals surface area contributed by atoms with E-state index >= 15 is 0 Å². The van der Waals surface area contributed by atoms with Gasteiger partial charge in [0.15, 0.2) is 10.3 Å².